The molecular weight excluding hydrogens is 168 g/mol. The van der Waals surface area contributed by atoms with Crippen LogP contribution in [-0.4, -0.2) is 25.8 Å². The van der Waals surface area contributed by atoms with Gasteiger partial charge in [0.25, 0.3) is 0 Å². The molecule has 13 heavy (non-hydrogen) atoms. The number of hydrogen-bond donors (Lipinski definition) is 0. The Kier molecular flexibility index (Phi) is 8.38. The third-order valence-corrected chi connectivity index (χ3v) is 1.39. The summed E-state index contributed by atoms with van der Waals surface area (Å²) in [6.07, 6.45) is 7.67. The van der Waals surface area contributed by atoms with Gasteiger partial charge in [-0.15, -0.1) is 12.3 Å². The molecule has 0 saturated carbocycles. The van der Waals surface area contributed by atoms with Crippen LogP contribution < -0.4 is 0 Å². The summed E-state index contributed by atoms with van der Waals surface area (Å²) in [7, 11) is 0. The van der Waals surface area contributed by atoms with Crippen LogP contribution in [0.2, 0.25) is 0 Å². The Balaban J connectivity index is 3.07. The lowest BCUT2D eigenvalue weighted by atomic mass is 10.2. The third-order valence-electron chi connectivity index (χ3n) is 1.39. The fraction of sp³-hybridized carbons (Fsp3) is 0.700. The highest BCUT2D eigenvalue weighted by molar-refractivity contribution is 5.70. The molecule has 0 spiro atoms. The summed E-state index contributed by atoms with van der Waals surface area (Å²) in [5.74, 6) is 2.23. The molecule has 3 heteroatoms. The van der Waals surface area contributed by atoms with E-state index in [4.69, 9.17) is 11.2 Å². The van der Waals surface area contributed by atoms with Gasteiger partial charge in [0.15, 0.2) is 0 Å². The van der Waals surface area contributed by atoms with Crippen LogP contribution in [0.1, 0.15) is 26.2 Å². The largest absolute Gasteiger partial charge is 0.464 e. The highest BCUT2D eigenvalue weighted by Crippen LogP contribution is 1.94. The Morgan fingerprint density at radius 2 is 2.23 bits per heavy atom. The summed E-state index contributed by atoms with van der Waals surface area (Å²) in [4.78, 5) is 10.8. The van der Waals surface area contributed by atoms with Crippen LogP contribution >= 0.6 is 0 Å². The van der Waals surface area contributed by atoms with E-state index in [-0.39, 0.29) is 12.6 Å². The van der Waals surface area contributed by atoms with Crippen LogP contribution in [-0.2, 0) is 14.3 Å². The summed E-state index contributed by atoms with van der Waals surface area (Å²) in [6.45, 7) is 2.79. The molecule has 3 nitrogen and oxygen atoms in total. The van der Waals surface area contributed by atoms with E-state index in [9.17, 15) is 4.79 Å². The van der Waals surface area contributed by atoms with Crippen molar-refractivity contribution in [1.82, 2.24) is 0 Å². The minimum atomic E-state index is -0.306. The zero-order chi connectivity index (χ0) is 9.94. The van der Waals surface area contributed by atoms with E-state index in [0.29, 0.717) is 13.2 Å². The predicted octanol–water partition coefficient (Wildman–Crippen LogP) is 1.37. The molecule has 0 unspecified atom stereocenters. The van der Waals surface area contributed by atoms with Crippen LogP contribution in [0.15, 0.2) is 0 Å². The number of carbonyl (C=O) groups is 1. The van der Waals surface area contributed by atoms with E-state index >= 15 is 0 Å². The lowest BCUT2D eigenvalue weighted by molar-refractivity contribution is -0.148. The fourth-order valence-electron chi connectivity index (χ4n) is 0.789. The molecule has 0 saturated heterocycles. The Bertz CT molecular complexity index is 169. The summed E-state index contributed by atoms with van der Waals surface area (Å²) in [5.41, 5.74) is 0. The number of hydrogen-bond acceptors (Lipinski definition) is 3. The van der Waals surface area contributed by atoms with Crippen molar-refractivity contribution in [2.45, 2.75) is 26.2 Å². The van der Waals surface area contributed by atoms with Gasteiger partial charge >= 0.3 is 5.97 Å². The van der Waals surface area contributed by atoms with Gasteiger partial charge in [0.2, 0.25) is 0 Å². The summed E-state index contributed by atoms with van der Waals surface area (Å²) < 4.78 is 9.72. The zero-order valence-electron chi connectivity index (χ0n) is 8.04. The van der Waals surface area contributed by atoms with Crippen molar-refractivity contribution >= 4 is 5.97 Å². The van der Waals surface area contributed by atoms with E-state index in [2.05, 4.69) is 10.7 Å². The molecule has 0 fully saturated rings. The number of rotatable bonds is 7. The van der Waals surface area contributed by atoms with Crippen LogP contribution in [0, 0.1) is 12.3 Å². The van der Waals surface area contributed by atoms with Gasteiger partial charge in [-0.25, -0.2) is 4.79 Å². The monoisotopic (exact) mass is 184 g/mol. The molecule has 0 N–H and O–H groups in total. The van der Waals surface area contributed by atoms with E-state index in [1.807, 2.05) is 0 Å². The summed E-state index contributed by atoms with van der Waals surface area (Å²) in [5, 5.41) is 0. The zero-order valence-corrected chi connectivity index (χ0v) is 8.04. The highest BCUT2D eigenvalue weighted by Gasteiger charge is 1.99. The van der Waals surface area contributed by atoms with Gasteiger partial charge in [0, 0.05) is 13.0 Å². The predicted molar refractivity (Wildman–Crippen MR) is 50.1 cm³/mol. The second-order valence-corrected chi connectivity index (χ2v) is 2.52. The average Bonchev–Trinajstić information content (AvgIpc) is 2.11. The van der Waals surface area contributed by atoms with Crippen molar-refractivity contribution in [2.75, 3.05) is 19.8 Å². The molecule has 0 aliphatic heterocycles. The Morgan fingerprint density at radius 1 is 1.46 bits per heavy atom. The van der Waals surface area contributed by atoms with Gasteiger partial charge in [0.05, 0.1) is 6.61 Å². The SMILES string of the molecule is C#CCCCCOCC(=O)OCC. The number of terminal acetylenes is 1. The molecule has 0 radical (unpaired) electrons. The average molecular weight is 184 g/mol. The summed E-state index contributed by atoms with van der Waals surface area (Å²) in [6, 6.07) is 0. The molecule has 0 amide bonds. The first-order chi connectivity index (χ1) is 6.31. The van der Waals surface area contributed by atoms with E-state index in [1.165, 1.54) is 0 Å². The van der Waals surface area contributed by atoms with Gasteiger partial charge in [-0.1, -0.05) is 0 Å². The molecule has 0 aliphatic rings. The number of ether oxygens (including phenoxy) is 2. The van der Waals surface area contributed by atoms with Crippen molar-refractivity contribution in [3.05, 3.63) is 0 Å². The van der Waals surface area contributed by atoms with Crippen LogP contribution in [0.4, 0.5) is 0 Å². The fourth-order valence-corrected chi connectivity index (χ4v) is 0.789. The quantitative estimate of drug-likeness (QED) is 0.340. The molecule has 0 aromatic rings. The number of esters is 1. The minimum absolute atomic E-state index is 0.0455. The molecule has 0 heterocycles. The van der Waals surface area contributed by atoms with Gasteiger partial charge in [-0.2, -0.15) is 0 Å². The lowest BCUT2D eigenvalue weighted by Gasteiger charge is -2.02. The van der Waals surface area contributed by atoms with Crippen molar-refractivity contribution in [2.24, 2.45) is 0 Å². The lowest BCUT2D eigenvalue weighted by Crippen LogP contribution is -2.12. The normalized spacial score (nSPS) is 9.23. The maximum atomic E-state index is 10.8. The van der Waals surface area contributed by atoms with Crippen LogP contribution in [0.5, 0.6) is 0 Å². The van der Waals surface area contributed by atoms with Gasteiger partial charge in [-0.05, 0) is 19.8 Å². The highest BCUT2D eigenvalue weighted by atomic mass is 16.6. The van der Waals surface area contributed by atoms with Gasteiger partial charge < -0.3 is 9.47 Å². The van der Waals surface area contributed by atoms with Crippen LogP contribution in [0.25, 0.3) is 0 Å². The molecule has 0 aliphatic carbocycles. The molecular formula is C10H16O3. The Labute approximate surface area is 79.4 Å². The van der Waals surface area contributed by atoms with Crippen molar-refractivity contribution in [1.29, 1.82) is 0 Å². The first kappa shape index (κ1) is 12.0. The van der Waals surface area contributed by atoms with Crippen LogP contribution in [0.3, 0.4) is 0 Å². The molecule has 0 aromatic carbocycles. The minimum Gasteiger partial charge on any atom is -0.464 e. The van der Waals surface area contributed by atoms with Crippen molar-refractivity contribution in [3.8, 4) is 12.3 Å². The van der Waals surface area contributed by atoms with E-state index in [0.717, 1.165) is 19.3 Å². The Morgan fingerprint density at radius 3 is 2.85 bits per heavy atom. The van der Waals surface area contributed by atoms with E-state index < -0.39 is 0 Å². The second-order valence-electron chi connectivity index (χ2n) is 2.52. The van der Waals surface area contributed by atoms with Gasteiger partial charge in [-0.3, -0.25) is 0 Å². The van der Waals surface area contributed by atoms with Crippen molar-refractivity contribution in [3.63, 3.8) is 0 Å². The van der Waals surface area contributed by atoms with E-state index in [1.54, 1.807) is 6.92 Å². The Hall–Kier alpha value is -1.01. The first-order valence-electron chi connectivity index (χ1n) is 4.48. The van der Waals surface area contributed by atoms with Crippen molar-refractivity contribution < 1.29 is 14.3 Å². The number of carbonyl (C=O) groups excluding carboxylic acids is 1. The maximum Gasteiger partial charge on any atom is 0.332 e. The smallest absolute Gasteiger partial charge is 0.332 e. The standard InChI is InChI=1S/C10H16O3/c1-3-5-6-7-8-12-9-10(11)13-4-2/h1H,4-9H2,2H3. The molecule has 74 valence electrons. The topological polar surface area (TPSA) is 35.5 Å². The molecule has 0 rings (SSSR count). The molecule has 0 bridgehead atoms. The maximum absolute atomic E-state index is 10.8. The number of unbranched alkanes of at least 4 members (excludes halogenated alkanes) is 2. The first-order valence-corrected chi connectivity index (χ1v) is 4.48. The third kappa shape index (κ3) is 8.90. The molecule has 0 aromatic heterocycles. The molecule has 0 atom stereocenters. The second kappa shape index (κ2) is 9.08. The summed E-state index contributed by atoms with van der Waals surface area (Å²) >= 11 is 0. The van der Waals surface area contributed by atoms with Gasteiger partial charge in [0.1, 0.15) is 6.61 Å².